The summed E-state index contributed by atoms with van der Waals surface area (Å²) in [7, 11) is -2.35. The molecule has 0 saturated carbocycles. The van der Waals surface area contributed by atoms with E-state index >= 15 is 0 Å². The number of carboxylic acid groups (broad SMARTS) is 1. The number of rotatable bonds is 11. The first-order chi connectivity index (χ1) is 17.8. The number of aryl methyl sites for hydroxylation is 1. The van der Waals surface area contributed by atoms with Crippen molar-refractivity contribution in [2.75, 3.05) is 10.6 Å². The summed E-state index contributed by atoms with van der Waals surface area (Å²) in [5.41, 5.74) is 1.60. The van der Waals surface area contributed by atoms with Gasteiger partial charge in [-0.15, -0.1) is 0 Å². The molecule has 14 heteroatoms. The van der Waals surface area contributed by atoms with E-state index in [1.807, 2.05) is 13.8 Å². The minimum absolute atomic E-state index is 0. The maximum atomic E-state index is 13.7. The second-order valence-electron chi connectivity index (χ2n) is 9.07. The van der Waals surface area contributed by atoms with Crippen LogP contribution >= 0.6 is 0 Å². The predicted octanol–water partition coefficient (Wildman–Crippen LogP) is -1.49. The topological polar surface area (TPSA) is 162 Å². The van der Waals surface area contributed by atoms with Gasteiger partial charge in [0.2, 0.25) is 16.0 Å². The molecule has 2 N–H and O–H groups in total. The molecule has 3 rings (SSSR count). The number of carbonyl (C=O) groups excluding carboxylic acids is 1. The molecule has 0 saturated heterocycles. The number of nitrogens with zero attached hydrogens (tertiary/aromatic N) is 5. The van der Waals surface area contributed by atoms with Crippen molar-refractivity contribution in [3.63, 3.8) is 0 Å². The second-order valence-corrected chi connectivity index (χ2v) is 10.9. The molecule has 39 heavy (non-hydrogen) atoms. The number of aliphatic carboxylic acids is 1. The zero-order chi connectivity index (χ0) is 28.2. The Hall–Kier alpha value is -2.68. The average Bonchev–Trinajstić information content (AvgIpc) is 3.21. The number of benzene rings is 1. The third-order valence-electron chi connectivity index (χ3n) is 5.55. The van der Waals surface area contributed by atoms with E-state index in [0.717, 1.165) is 10.6 Å². The van der Waals surface area contributed by atoms with Crippen molar-refractivity contribution in [3.05, 3.63) is 59.7 Å². The van der Waals surface area contributed by atoms with E-state index in [9.17, 15) is 32.9 Å². The molecule has 3 aromatic rings. The quantitative estimate of drug-likeness (QED) is 0.262. The van der Waals surface area contributed by atoms with Crippen LogP contribution in [0.15, 0.2) is 42.6 Å². The molecular formula is C25H29FN5NaO6S. The number of hydrogen-bond acceptors (Lipinski definition) is 9. The predicted molar refractivity (Wildman–Crippen MR) is 137 cm³/mol. The van der Waals surface area contributed by atoms with E-state index < -0.39 is 40.4 Å². The van der Waals surface area contributed by atoms with Crippen molar-refractivity contribution >= 4 is 33.8 Å². The Bertz CT molecular complexity index is 1430. The van der Waals surface area contributed by atoms with Crippen LogP contribution in [0.4, 0.5) is 16.2 Å². The number of aromatic nitrogens is 4. The molecule has 204 valence electrons. The van der Waals surface area contributed by atoms with Gasteiger partial charge in [-0.25, -0.2) is 22.8 Å². The van der Waals surface area contributed by atoms with Crippen LogP contribution in [-0.2, 0) is 21.9 Å². The standard InChI is InChI=1S/C25H30FN5O6S.Na/c1-15(2)23-20(10-9-18(32)13-19(33)14-22(34)35)24(16-5-7-17(26)8-6-16)29-25(28-23)31(38(4,36)37)21-11-12-27-30(21)3;/h5-12,15,18-19,32-33H,13-14H2,1-4H3,(H,34,35);/q;+1/p-1/b10-9+;/t18-,19-;/m1./s1. The van der Waals surface area contributed by atoms with Gasteiger partial charge >= 0.3 is 29.6 Å². The molecule has 0 amide bonds. The molecule has 0 fully saturated rings. The van der Waals surface area contributed by atoms with Crippen LogP contribution in [0.25, 0.3) is 17.3 Å². The van der Waals surface area contributed by atoms with E-state index in [4.69, 9.17) is 0 Å². The SMILES string of the molecule is CC(C)c1nc(N(c2ccnn2C)S(C)(=O)=O)nc(-c2ccc(F)cc2)c1/C=C/[C@@H](O)C[C@@H](O)CC(=O)[O-].[Na+]. The Labute approximate surface area is 248 Å². The van der Waals surface area contributed by atoms with Gasteiger partial charge in [0.15, 0.2) is 0 Å². The second kappa shape index (κ2) is 13.6. The van der Waals surface area contributed by atoms with Gasteiger partial charge in [0.25, 0.3) is 0 Å². The van der Waals surface area contributed by atoms with Gasteiger partial charge in [0, 0.05) is 43.1 Å². The van der Waals surface area contributed by atoms with Gasteiger partial charge in [0.1, 0.15) is 11.6 Å². The van der Waals surface area contributed by atoms with Crippen LogP contribution in [-0.4, -0.2) is 62.8 Å². The molecule has 0 unspecified atom stereocenters. The summed E-state index contributed by atoms with van der Waals surface area (Å²) in [4.78, 5) is 19.8. The fourth-order valence-corrected chi connectivity index (χ4v) is 4.72. The minimum atomic E-state index is -3.92. The summed E-state index contributed by atoms with van der Waals surface area (Å²) in [6.45, 7) is 3.68. The molecule has 0 aliphatic rings. The number of aliphatic hydroxyl groups is 2. The van der Waals surface area contributed by atoms with Gasteiger partial charge in [0.05, 0.1) is 36.0 Å². The van der Waals surface area contributed by atoms with Crippen LogP contribution in [0.3, 0.4) is 0 Å². The van der Waals surface area contributed by atoms with Crippen molar-refractivity contribution in [2.45, 2.75) is 44.8 Å². The third-order valence-corrected chi connectivity index (χ3v) is 6.56. The Morgan fingerprint density at radius 2 is 1.82 bits per heavy atom. The van der Waals surface area contributed by atoms with E-state index in [-0.39, 0.29) is 59.4 Å². The molecule has 0 spiro atoms. The molecule has 0 radical (unpaired) electrons. The van der Waals surface area contributed by atoms with Crippen molar-refractivity contribution < 1.29 is 62.5 Å². The zero-order valence-corrected chi connectivity index (χ0v) is 25.1. The fourth-order valence-electron chi connectivity index (χ4n) is 3.82. The number of carboxylic acids is 1. The summed E-state index contributed by atoms with van der Waals surface area (Å²) in [6, 6.07) is 6.94. The van der Waals surface area contributed by atoms with Gasteiger partial charge in [-0.1, -0.05) is 26.0 Å². The number of aliphatic hydroxyl groups excluding tert-OH is 2. The van der Waals surface area contributed by atoms with Crippen molar-refractivity contribution in [1.82, 2.24) is 19.7 Å². The summed E-state index contributed by atoms with van der Waals surface area (Å²) < 4.78 is 41.8. The Balaban J connectivity index is 0.00000533. The van der Waals surface area contributed by atoms with Gasteiger partial charge in [-0.05, 0) is 30.2 Å². The summed E-state index contributed by atoms with van der Waals surface area (Å²) in [5.74, 6) is -2.12. The Morgan fingerprint density at radius 3 is 2.33 bits per heavy atom. The van der Waals surface area contributed by atoms with Gasteiger partial charge in [-0.2, -0.15) is 9.40 Å². The first-order valence-corrected chi connectivity index (χ1v) is 13.5. The first kappa shape index (κ1) is 32.5. The average molecular weight is 570 g/mol. The van der Waals surface area contributed by atoms with Gasteiger partial charge < -0.3 is 20.1 Å². The molecule has 11 nitrogen and oxygen atoms in total. The normalized spacial score (nSPS) is 13.3. The molecule has 0 aliphatic heterocycles. The first-order valence-electron chi connectivity index (χ1n) is 11.7. The minimum Gasteiger partial charge on any atom is -0.550 e. The largest absolute Gasteiger partial charge is 1.00 e. The van der Waals surface area contributed by atoms with Crippen LogP contribution in [0.1, 0.15) is 43.9 Å². The van der Waals surface area contributed by atoms with Gasteiger partial charge in [-0.3, -0.25) is 4.68 Å². The third kappa shape index (κ3) is 8.40. The smallest absolute Gasteiger partial charge is 0.550 e. The van der Waals surface area contributed by atoms with Crippen LogP contribution in [0.5, 0.6) is 0 Å². The molecule has 2 aromatic heterocycles. The number of halogens is 1. The summed E-state index contributed by atoms with van der Waals surface area (Å²) >= 11 is 0. The number of anilines is 2. The van der Waals surface area contributed by atoms with E-state index in [2.05, 4.69) is 15.1 Å². The van der Waals surface area contributed by atoms with Crippen molar-refractivity contribution in [2.24, 2.45) is 7.05 Å². The van der Waals surface area contributed by atoms with Crippen LogP contribution in [0.2, 0.25) is 0 Å². The molecular weight excluding hydrogens is 540 g/mol. The van der Waals surface area contributed by atoms with Crippen molar-refractivity contribution in [3.8, 4) is 11.3 Å². The maximum absolute atomic E-state index is 13.7. The molecule has 0 bridgehead atoms. The molecule has 2 heterocycles. The molecule has 2 atom stereocenters. The maximum Gasteiger partial charge on any atom is 1.00 e. The Morgan fingerprint density at radius 1 is 1.18 bits per heavy atom. The number of hydrogen-bond donors (Lipinski definition) is 2. The van der Waals surface area contributed by atoms with Crippen molar-refractivity contribution in [1.29, 1.82) is 0 Å². The van der Waals surface area contributed by atoms with Crippen LogP contribution < -0.4 is 39.0 Å². The summed E-state index contributed by atoms with van der Waals surface area (Å²) in [6.07, 6.45) is 1.90. The number of carbonyl (C=O) groups is 1. The fraction of sp³-hybridized carbons (Fsp3) is 0.360. The zero-order valence-electron chi connectivity index (χ0n) is 22.3. The summed E-state index contributed by atoms with van der Waals surface area (Å²) in [5, 5.41) is 35.0. The number of sulfonamides is 1. The molecule has 1 aromatic carbocycles. The Kier molecular flexibility index (Phi) is 11.3. The van der Waals surface area contributed by atoms with E-state index in [1.165, 1.54) is 53.4 Å². The van der Waals surface area contributed by atoms with E-state index in [0.29, 0.717) is 16.8 Å². The molecule has 0 aliphatic carbocycles. The monoisotopic (exact) mass is 569 g/mol. The van der Waals surface area contributed by atoms with Crippen LogP contribution in [0, 0.1) is 5.82 Å². The van der Waals surface area contributed by atoms with E-state index in [1.54, 1.807) is 7.05 Å².